The minimum atomic E-state index is -1.96. The van der Waals surface area contributed by atoms with Gasteiger partial charge in [0.2, 0.25) is 8.32 Å². The number of allylic oxidation sites excluding steroid dienone is 4. The zero-order chi connectivity index (χ0) is 20.4. The first-order valence-corrected chi connectivity index (χ1v) is 13.1. The largest absolute Gasteiger partial charge is 0.546 e. The maximum absolute atomic E-state index is 6.96. The Morgan fingerprint density at radius 1 is 1.14 bits per heavy atom. The SMILES string of the molecule is CC1C=CC=C(O[Si](C)(C)C(C)(C)C)C1(Cc1ccccc1)Cc1ncc[nH]1. The van der Waals surface area contributed by atoms with Gasteiger partial charge in [-0.05, 0) is 42.1 Å². The first kappa shape index (κ1) is 20.7. The van der Waals surface area contributed by atoms with Crippen LogP contribution < -0.4 is 0 Å². The van der Waals surface area contributed by atoms with Gasteiger partial charge in [-0.2, -0.15) is 0 Å². The Bertz CT molecular complexity index is 831. The summed E-state index contributed by atoms with van der Waals surface area (Å²) in [7, 11) is -1.96. The number of H-pyrrole nitrogens is 1. The van der Waals surface area contributed by atoms with Crippen LogP contribution in [0.1, 0.15) is 39.1 Å². The van der Waals surface area contributed by atoms with E-state index < -0.39 is 8.32 Å². The molecule has 150 valence electrons. The molecule has 4 heteroatoms. The van der Waals surface area contributed by atoms with Crippen molar-refractivity contribution in [1.29, 1.82) is 0 Å². The van der Waals surface area contributed by atoms with Gasteiger partial charge in [-0.15, -0.1) is 0 Å². The molecule has 1 aromatic heterocycles. The normalized spacial score (nSPS) is 22.8. The summed E-state index contributed by atoms with van der Waals surface area (Å²) in [4.78, 5) is 7.88. The molecule has 1 aliphatic rings. The van der Waals surface area contributed by atoms with Gasteiger partial charge in [0.1, 0.15) is 5.82 Å². The number of hydrogen-bond donors (Lipinski definition) is 1. The average Bonchev–Trinajstić information content (AvgIpc) is 3.12. The minimum absolute atomic E-state index is 0.149. The van der Waals surface area contributed by atoms with Crippen LogP contribution in [0.25, 0.3) is 0 Å². The van der Waals surface area contributed by atoms with E-state index in [1.807, 2.05) is 12.4 Å². The maximum Gasteiger partial charge on any atom is 0.250 e. The monoisotopic (exact) mass is 394 g/mol. The summed E-state index contributed by atoms with van der Waals surface area (Å²) in [6.45, 7) is 13.9. The van der Waals surface area contributed by atoms with Crippen LogP contribution in [-0.2, 0) is 17.3 Å². The third kappa shape index (κ3) is 4.17. The van der Waals surface area contributed by atoms with Crippen molar-refractivity contribution in [2.24, 2.45) is 11.3 Å². The molecule has 28 heavy (non-hydrogen) atoms. The molecular formula is C24H34N2OSi. The lowest BCUT2D eigenvalue weighted by Crippen LogP contribution is -2.46. The Kier molecular flexibility index (Phi) is 5.71. The summed E-state index contributed by atoms with van der Waals surface area (Å²) in [6.07, 6.45) is 12.2. The third-order valence-corrected chi connectivity index (χ3v) is 10.9. The van der Waals surface area contributed by atoms with Gasteiger partial charge in [-0.1, -0.05) is 70.2 Å². The summed E-state index contributed by atoms with van der Waals surface area (Å²) >= 11 is 0. The Labute approximate surface area is 171 Å². The van der Waals surface area contributed by atoms with E-state index in [1.54, 1.807) is 0 Å². The van der Waals surface area contributed by atoms with E-state index in [0.717, 1.165) is 24.4 Å². The van der Waals surface area contributed by atoms with Gasteiger partial charge in [-0.3, -0.25) is 0 Å². The Morgan fingerprint density at radius 3 is 2.46 bits per heavy atom. The molecule has 0 bridgehead atoms. The van der Waals surface area contributed by atoms with E-state index in [1.165, 1.54) is 5.56 Å². The van der Waals surface area contributed by atoms with Crippen LogP contribution in [0.4, 0.5) is 0 Å². The van der Waals surface area contributed by atoms with E-state index >= 15 is 0 Å². The predicted octanol–water partition coefficient (Wildman–Crippen LogP) is 6.29. The summed E-state index contributed by atoms with van der Waals surface area (Å²) in [5.74, 6) is 2.49. The first-order chi connectivity index (χ1) is 13.1. The van der Waals surface area contributed by atoms with Crippen LogP contribution in [0.2, 0.25) is 18.1 Å². The second kappa shape index (κ2) is 7.74. The number of rotatable bonds is 6. The molecule has 1 heterocycles. The van der Waals surface area contributed by atoms with Crippen LogP contribution in [0, 0.1) is 11.3 Å². The Hall–Kier alpha value is -2.07. The van der Waals surface area contributed by atoms with Crippen molar-refractivity contribution < 1.29 is 4.43 Å². The van der Waals surface area contributed by atoms with Gasteiger partial charge in [0.15, 0.2) is 0 Å². The van der Waals surface area contributed by atoms with E-state index in [9.17, 15) is 0 Å². The van der Waals surface area contributed by atoms with Crippen molar-refractivity contribution in [2.45, 2.75) is 58.7 Å². The number of aromatic amines is 1. The molecule has 0 amide bonds. The minimum Gasteiger partial charge on any atom is -0.546 e. The Balaban J connectivity index is 2.05. The molecule has 3 nitrogen and oxygen atoms in total. The number of hydrogen-bond acceptors (Lipinski definition) is 2. The zero-order valence-corrected chi connectivity index (χ0v) is 19.1. The van der Waals surface area contributed by atoms with E-state index in [-0.39, 0.29) is 10.5 Å². The number of nitrogens with zero attached hydrogens (tertiary/aromatic N) is 1. The van der Waals surface area contributed by atoms with Gasteiger partial charge in [0, 0.05) is 24.2 Å². The van der Waals surface area contributed by atoms with Crippen molar-refractivity contribution in [2.75, 3.05) is 0 Å². The number of nitrogens with one attached hydrogen (secondary N) is 1. The third-order valence-electron chi connectivity index (χ3n) is 6.58. The molecule has 1 aliphatic carbocycles. The summed E-state index contributed by atoms with van der Waals surface area (Å²) in [5, 5.41) is 0.154. The second-order valence-corrected chi connectivity index (χ2v) is 14.3. The van der Waals surface area contributed by atoms with Crippen LogP contribution in [0.3, 0.4) is 0 Å². The maximum atomic E-state index is 6.96. The standard InChI is InChI=1S/C24H34N2OSi/c1-19-11-10-14-21(27-28(5,6)23(2,3)4)24(19,18-22-25-15-16-26-22)17-20-12-8-7-9-13-20/h7-16,19H,17-18H2,1-6H3,(H,25,26). The molecule has 0 aliphatic heterocycles. The van der Waals surface area contributed by atoms with Gasteiger partial charge in [-0.25, -0.2) is 4.98 Å². The summed E-state index contributed by atoms with van der Waals surface area (Å²) in [6, 6.07) is 10.8. The highest BCUT2D eigenvalue weighted by Crippen LogP contribution is 2.48. The molecule has 1 aromatic carbocycles. The second-order valence-electron chi connectivity index (χ2n) is 9.60. The lowest BCUT2D eigenvalue weighted by Gasteiger charge is -2.46. The first-order valence-electron chi connectivity index (χ1n) is 10.2. The van der Waals surface area contributed by atoms with Crippen molar-refractivity contribution in [3.05, 3.63) is 78.1 Å². The summed E-state index contributed by atoms with van der Waals surface area (Å²) in [5.41, 5.74) is 1.18. The van der Waals surface area contributed by atoms with Gasteiger partial charge in [0.25, 0.3) is 0 Å². The van der Waals surface area contributed by atoms with Crippen molar-refractivity contribution >= 4 is 8.32 Å². The molecule has 0 radical (unpaired) electrons. The molecule has 0 spiro atoms. The fourth-order valence-electron chi connectivity index (χ4n) is 3.66. The van der Waals surface area contributed by atoms with Crippen LogP contribution in [0.15, 0.2) is 66.7 Å². The number of imidazole rings is 1. The molecule has 2 atom stereocenters. The highest BCUT2D eigenvalue weighted by molar-refractivity contribution is 6.74. The van der Waals surface area contributed by atoms with Crippen molar-refractivity contribution in [1.82, 2.24) is 9.97 Å². The molecule has 0 fully saturated rings. The number of benzene rings is 1. The fourth-order valence-corrected chi connectivity index (χ4v) is 4.79. The van der Waals surface area contributed by atoms with Crippen molar-refractivity contribution in [3.8, 4) is 0 Å². The van der Waals surface area contributed by atoms with Gasteiger partial charge >= 0.3 is 0 Å². The van der Waals surface area contributed by atoms with Gasteiger partial charge in [0.05, 0.1) is 5.76 Å². The Morgan fingerprint density at radius 2 is 1.86 bits per heavy atom. The van der Waals surface area contributed by atoms with Crippen molar-refractivity contribution in [3.63, 3.8) is 0 Å². The molecular weight excluding hydrogens is 360 g/mol. The van der Waals surface area contributed by atoms with Crippen LogP contribution in [0.5, 0.6) is 0 Å². The molecule has 1 N–H and O–H groups in total. The smallest absolute Gasteiger partial charge is 0.250 e. The molecule has 3 rings (SSSR count). The molecule has 2 aromatic rings. The van der Waals surface area contributed by atoms with E-state index in [4.69, 9.17) is 4.43 Å². The van der Waals surface area contributed by atoms with Gasteiger partial charge < -0.3 is 9.41 Å². The molecule has 2 unspecified atom stereocenters. The lowest BCUT2D eigenvalue weighted by molar-refractivity contribution is 0.163. The predicted molar refractivity (Wildman–Crippen MR) is 120 cm³/mol. The van der Waals surface area contributed by atoms with E-state index in [2.05, 4.69) is 99.3 Å². The topological polar surface area (TPSA) is 37.9 Å². The van der Waals surface area contributed by atoms with Crippen LogP contribution in [-0.4, -0.2) is 18.3 Å². The number of aromatic nitrogens is 2. The quantitative estimate of drug-likeness (QED) is 0.584. The van der Waals surface area contributed by atoms with Crippen LogP contribution >= 0.6 is 0 Å². The highest BCUT2D eigenvalue weighted by atomic mass is 28.4. The molecule has 0 saturated carbocycles. The lowest BCUT2D eigenvalue weighted by atomic mass is 9.66. The van der Waals surface area contributed by atoms with E-state index in [0.29, 0.717) is 5.92 Å². The zero-order valence-electron chi connectivity index (χ0n) is 18.1. The fraction of sp³-hybridized carbons (Fsp3) is 0.458. The highest BCUT2D eigenvalue weighted by Gasteiger charge is 2.47. The molecule has 0 saturated heterocycles. The average molecular weight is 395 g/mol. The summed E-state index contributed by atoms with van der Waals surface area (Å²) < 4.78 is 6.96.